The van der Waals surface area contributed by atoms with Gasteiger partial charge >= 0.3 is 6.18 Å². The molecule has 0 radical (unpaired) electrons. The third-order valence-corrected chi connectivity index (χ3v) is 8.85. The maximum atomic E-state index is 12.9. The summed E-state index contributed by atoms with van der Waals surface area (Å²) in [6.07, 6.45) is -0.403. The molecule has 3 aliphatic heterocycles. The molecular weight excluding hydrogens is 557 g/mol. The summed E-state index contributed by atoms with van der Waals surface area (Å²) in [6, 6.07) is 8.89. The van der Waals surface area contributed by atoms with Gasteiger partial charge in [-0.15, -0.1) is 0 Å². The van der Waals surface area contributed by atoms with Crippen LogP contribution in [0, 0.1) is 18.3 Å². The standard InChI is InChI=1S/C31H37F3N8O/c1-20-17-43-25(13-36-20)15-42-24(12-35)11-27-21(2)22(3-4-29(27)42)14-40-8-5-23(6-9-40)39-30-26-7-10-41(18-31(32,33)34)16-28(26)37-19-38-30/h3-4,11,19,23,25,36H,1,5-10,13-18H2,2H3,(H,37,38,39). The second kappa shape index (κ2) is 12.1. The molecule has 3 aliphatic rings. The van der Waals surface area contributed by atoms with Crippen molar-refractivity contribution < 1.29 is 17.9 Å². The molecule has 228 valence electrons. The Bertz CT molecular complexity index is 1530. The number of halogens is 3. The monoisotopic (exact) mass is 594 g/mol. The van der Waals surface area contributed by atoms with E-state index in [0.29, 0.717) is 44.0 Å². The molecule has 6 rings (SSSR count). The minimum absolute atomic E-state index is 0.0278. The van der Waals surface area contributed by atoms with E-state index in [1.165, 1.54) is 22.4 Å². The zero-order valence-electron chi connectivity index (χ0n) is 24.4. The van der Waals surface area contributed by atoms with Gasteiger partial charge < -0.3 is 19.9 Å². The SMILES string of the molecule is C=C1COC(Cn2c(C#N)cc3c(C)c(CN4CCC(Nc5ncnc6c5CCN(CC(F)(F)F)C6)CC4)ccc32)CN1. The fourth-order valence-corrected chi connectivity index (χ4v) is 6.48. The van der Waals surface area contributed by atoms with Gasteiger partial charge in [-0.3, -0.25) is 9.80 Å². The van der Waals surface area contributed by atoms with Crippen LogP contribution in [-0.2, 0) is 30.8 Å². The molecular formula is C31H37F3N8O. The highest BCUT2D eigenvalue weighted by Crippen LogP contribution is 2.30. The number of fused-ring (bicyclic) bond motifs is 2. The van der Waals surface area contributed by atoms with Crippen molar-refractivity contribution in [2.45, 2.75) is 64.1 Å². The van der Waals surface area contributed by atoms with Gasteiger partial charge in [0, 0.05) is 67.5 Å². The van der Waals surface area contributed by atoms with Gasteiger partial charge in [-0.2, -0.15) is 18.4 Å². The van der Waals surface area contributed by atoms with E-state index in [2.05, 4.69) is 61.8 Å². The highest BCUT2D eigenvalue weighted by Gasteiger charge is 2.33. The van der Waals surface area contributed by atoms with E-state index >= 15 is 0 Å². The molecule has 2 aromatic heterocycles. The van der Waals surface area contributed by atoms with E-state index in [4.69, 9.17) is 4.74 Å². The van der Waals surface area contributed by atoms with E-state index in [9.17, 15) is 18.4 Å². The van der Waals surface area contributed by atoms with E-state index < -0.39 is 12.7 Å². The second-order valence-electron chi connectivity index (χ2n) is 11.9. The summed E-state index contributed by atoms with van der Waals surface area (Å²) in [4.78, 5) is 12.6. The molecule has 0 spiro atoms. The number of nitrogens with one attached hydrogen (secondary N) is 2. The lowest BCUT2D eigenvalue weighted by Crippen LogP contribution is -2.40. The van der Waals surface area contributed by atoms with Crippen molar-refractivity contribution in [1.29, 1.82) is 5.26 Å². The predicted molar refractivity (Wildman–Crippen MR) is 157 cm³/mol. The summed E-state index contributed by atoms with van der Waals surface area (Å²) in [5.74, 6) is 0.758. The third kappa shape index (κ3) is 6.64. The summed E-state index contributed by atoms with van der Waals surface area (Å²) in [5, 5.41) is 17.8. The van der Waals surface area contributed by atoms with E-state index in [0.717, 1.165) is 60.5 Å². The van der Waals surface area contributed by atoms with Crippen LogP contribution in [0.15, 0.2) is 36.8 Å². The number of likely N-dealkylation sites (tertiary alicyclic amines) is 1. The molecule has 12 heteroatoms. The Morgan fingerprint density at radius 2 is 2.00 bits per heavy atom. The van der Waals surface area contributed by atoms with Crippen LogP contribution >= 0.6 is 0 Å². The summed E-state index contributed by atoms with van der Waals surface area (Å²) < 4.78 is 46.6. The number of morpholine rings is 1. The number of benzene rings is 1. The summed E-state index contributed by atoms with van der Waals surface area (Å²) >= 11 is 0. The third-order valence-electron chi connectivity index (χ3n) is 8.85. The Morgan fingerprint density at radius 1 is 1.19 bits per heavy atom. The number of anilines is 1. The quantitative estimate of drug-likeness (QED) is 0.422. The molecule has 1 atom stereocenters. The molecule has 0 saturated carbocycles. The van der Waals surface area contributed by atoms with Crippen LogP contribution < -0.4 is 10.6 Å². The Morgan fingerprint density at radius 3 is 2.72 bits per heavy atom. The molecule has 43 heavy (non-hydrogen) atoms. The van der Waals surface area contributed by atoms with Crippen LogP contribution in [0.1, 0.15) is 40.9 Å². The van der Waals surface area contributed by atoms with Crippen LogP contribution in [0.5, 0.6) is 0 Å². The van der Waals surface area contributed by atoms with E-state index in [1.807, 2.05) is 6.07 Å². The van der Waals surface area contributed by atoms with Gasteiger partial charge in [0.15, 0.2) is 0 Å². The zero-order valence-corrected chi connectivity index (χ0v) is 24.4. The fourth-order valence-electron chi connectivity index (χ4n) is 6.48. The highest BCUT2D eigenvalue weighted by molar-refractivity contribution is 5.86. The first-order valence-electron chi connectivity index (χ1n) is 14.8. The van der Waals surface area contributed by atoms with Crippen molar-refractivity contribution >= 4 is 16.7 Å². The normalized spacial score (nSPS) is 20.5. The first-order valence-corrected chi connectivity index (χ1v) is 14.8. The number of nitrogens with zero attached hydrogens (tertiary/aromatic N) is 6. The predicted octanol–water partition coefficient (Wildman–Crippen LogP) is 4.11. The van der Waals surface area contributed by atoms with Crippen molar-refractivity contribution in [3.05, 3.63) is 64.9 Å². The number of hydrogen-bond acceptors (Lipinski definition) is 8. The van der Waals surface area contributed by atoms with Crippen LogP contribution in [0.4, 0.5) is 19.0 Å². The molecule has 0 amide bonds. The number of rotatable bonds is 7. The first kappa shape index (κ1) is 29.4. The number of hydrogen-bond donors (Lipinski definition) is 2. The molecule has 2 saturated heterocycles. The van der Waals surface area contributed by atoms with Crippen LogP contribution in [0.3, 0.4) is 0 Å². The average molecular weight is 595 g/mol. The highest BCUT2D eigenvalue weighted by atomic mass is 19.4. The summed E-state index contributed by atoms with van der Waals surface area (Å²) in [5.41, 5.74) is 6.61. The lowest BCUT2D eigenvalue weighted by Gasteiger charge is -2.34. The van der Waals surface area contributed by atoms with E-state index in [1.54, 1.807) is 0 Å². The van der Waals surface area contributed by atoms with Crippen LogP contribution in [0.25, 0.3) is 10.9 Å². The van der Waals surface area contributed by atoms with Crippen LogP contribution in [-0.4, -0.2) is 82.0 Å². The van der Waals surface area contributed by atoms with Gasteiger partial charge in [0.1, 0.15) is 23.9 Å². The maximum absolute atomic E-state index is 12.9. The van der Waals surface area contributed by atoms with Gasteiger partial charge in [-0.05, 0) is 49.4 Å². The number of nitriles is 1. The lowest BCUT2D eigenvalue weighted by atomic mass is 10.00. The van der Waals surface area contributed by atoms with Crippen molar-refractivity contribution in [3.8, 4) is 6.07 Å². The fraction of sp³-hybridized carbons (Fsp3) is 0.516. The van der Waals surface area contributed by atoms with Gasteiger partial charge in [-0.1, -0.05) is 12.6 Å². The number of alkyl halides is 3. The van der Waals surface area contributed by atoms with Gasteiger partial charge in [0.25, 0.3) is 0 Å². The van der Waals surface area contributed by atoms with Gasteiger partial charge in [-0.25, -0.2) is 9.97 Å². The largest absolute Gasteiger partial charge is 0.401 e. The average Bonchev–Trinajstić information content (AvgIpc) is 3.34. The number of aromatic nitrogens is 3. The molecule has 1 aromatic carbocycles. The topological polar surface area (TPSA) is 94.3 Å². The van der Waals surface area contributed by atoms with Crippen molar-refractivity contribution in [2.75, 3.05) is 44.6 Å². The number of aryl methyl sites for hydroxylation is 1. The van der Waals surface area contributed by atoms with Gasteiger partial charge in [0.05, 0.1) is 31.5 Å². The zero-order chi connectivity index (χ0) is 30.1. The first-order chi connectivity index (χ1) is 20.7. The maximum Gasteiger partial charge on any atom is 0.401 e. The minimum atomic E-state index is -4.22. The smallest absolute Gasteiger partial charge is 0.384 e. The number of ether oxygens (including phenoxy) is 1. The van der Waals surface area contributed by atoms with E-state index in [-0.39, 0.29) is 18.7 Å². The Labute approximate surface area is 249 Å². The minimum Gasteiger partial charge on any atom is -0.384 e. The van der Waals surface area contributed by atoms with Crippen molar-refractivity contribution in [1.82, 2.24) is 29.7 Å². The summed E-state index contributed by atoms with van der Waals surface area (Å²) in [7, 11) is 0. The lowest BCUT2D eigenvalue weighted by molar-refractivity contribution is -0.147. The van der Waals surface area contributed by atoms with Crippen molar-refractivity contribution in [3.63, 3.8) is 0 Å². The molecule has 1 unspecified atom stereocenters. The Hall–Kier alpha value is -3.66. The molecule has 0 aliphatic carbocycles. The van der Waals surface area contributed by atoms with Crippen molar-refractivity contribution in [2.24, 2.45) is 0 Å². The number of piperidine rings is 1. The second-order valence-corrected chi connectivity index (χ2v) is 11.9. The van der Waals surface area contributed by atoms with Crippen LogP contribution in [0.2, 0.25) is 0 Å². The molecule has 9 nitrogen and oxygen atoms in total. The molecule has 5 heterocycles. The molecule has 2 fully saturated rings. The molecule has 3 aromatic rings. The molecule has 0 bridgehead atoms. The summed E-state index contributed by atoms with van der Waals surface area (Å²) in [6.45, 7) is 10.1. The Balaban J connectivity index is 1.07. The Kier molecular flexibility index (Phi) is 8.31. The molecule has 2 N–H and O–H groups in total. The van der Waals surface area contributed by atoms with Gasteiger partial charge in [0.2, 0.25) is 0 Å².